The number of ether oxygens (including phenoxy) is 1. The zero-order valence-corrected chi connectivity index (χ0v) is 12.7. The fourth-order valence-electron chi connectivity index (χ4n) is 3.17. The molecule has 1 N–H and O–H groups in total. The topological polar surface area (TPSA) is 39.1 Å². The lowest BCUT2D eigenvalue weighted by Crippen LogP contribution is -2.36. The lowest BCUT2D eigenvalue weighted by molar-refractivity contribution is 0.247. The minimum Gasteiger partial charge on any atom is -0.493 e. The second-order valence-electron chi connectivity index (χ2n) is 5.59. The zero-order chi connectivity index (χ0) is 14.7. The summed E-state index contributed by atoms with van der Waals surface area (Å²) in [6, 6.07) is 8.82. The van der Waals surface area contributed by atoms with Crippen molar-refractivity contribution < 1.29 is 4.74 Å². The minimum atomic E-state index is 0.407. The molecule has 1 aliphatic rings. The molecule has 0 amide bonds. The van der Waals surface area contributed by atoms with Crippen LogP contribution in [0.4, 0.5) is 0 Å². The van der Waals surface area contributed by atoms with Crippen molar-refractivity contribution in [2.75, 3.05) is 13.7 Å². The van der Waals surface area contributed by atoms with Crippen molar-refractivity contribution in [3.8, 4) is 5.75 Å². The lowest BCUT2D eigenvalue weighted by Gasteiger charge is -2.32. The maximum Gasteiger partial charge on any atom is 0.122 e. The van der Waals surface area contributed by atoms with E-state index < -0.39 is 0 Å². The molecule has 0 spiro atoms. The largest absolute Gasteiger partial charge is 0.493 e. The average Bonchev–Trinajstić information content (AvgIpc) is 3.00. The van der Waals surface area contributed by atoms with E-state index in [9.17, 15) is 0 Å². The molecule has 4 heteroatoms. The van der Waals surface area contributed by atoms with Crippen LogP contribution in [0.15, 0.2) is 36.7 Å². The van der Waals surface area contributed by atoms with E-state index in [0.29, 0.717) is 12.0 Å². The molecule has 1 aromatic heterocycles. The molecule has 2 atom stereocenters. The van der Waals surface area contributed by atoms with Crippen molar-refractivity contribution in [3.63, 3.8) is 0 Å². The van der Waals surface area contributed by atoms with E-state index in [-0.39, 0.29) is 0 Å². The molecule has 0 saturated heterocycles. The number of aryl methyl sites for hydroxylation is 1. The fourth-order valence-corrected chi connectivity index (χ4v) is 3.17. The van der Waals surface area contributed by atoms with E-state index in [4.69, 9.17) is 4.74 Å². The number of hydrogen-bond acceptors (Lipinski definition) is 3. The third-order valence-corrected chi connectivity index (χ3v) is 4.33. The van der Waals surface area contributed by atoms with Crippen LogP contribution < -0.4 is 10.1 Å². The smallest absolute Gasteiger partial charge is 0.122 e. The summed E-state index contributed by atoms with van der Waals surface area (Å²) in [5.41, 5.74) is 2.62. The summed E-state index contributed by atoms with van der Waals surface area (Å²) >= 11 is 0. The van der Waals surface area contributed by atoms with Crippen LogP contribution in [-0.4, -0.2) is 29.5 Å². The third kappa shape index (κ3) is 2.95. The number of aromatic nitrogens is 2. The molecule has 3 rings (SSSR count). The van der Waals surface area contributed by atoms with Crippen LogP contribution in [0.2, 0.25) is 0 Å². The monoisotopic (exact) mass is 285 g/mol. The summed E-state index contributed by atoms with van der Waals surface area (Å²) in [5.74, 6) is 1.53. The second-order valence-corrected chi connectivity index (χ2v) is 5.59. The summed E-state index contributed by atoms with van der Waals surface area (Å²) in [4.78, 5) is 0. The first-order valence-electron chi connectivity index (χ1n) is 7.72. The van der Waals surface area contributed by atoms with Gasteiger partial charge >= 0.3 is 0 Å². The lowest BCUT2D eigenvalue weighted by atomic mass is 9.84. The Morgan fingerprint density at radius 3 is 3.05 bits per heavy atom. The predicted molar refractivity (Wildman–Crippen MR) is 83.7 cm³/mol. The van der Waals surface area contributed by atoms with E-state index in [1.165, 1.54) is 11.1 Å². The number of likely N-dealkylation sites (N-methyl/N-ethyl adjacent to an activating group) is 1. The highest BCUT2D eigenvalue weighted by Crippen LogP contribution is 2.36. The van der Waals surface area contributed by atoms with Gasteiger partial charge < -0.3 is 10.1 Å². The second kappa shape index (κ2) is 6.31. The van der Waals surface area contributed by atoms with Crippen LogP contribution in [0, 0.1) is 0 Å². The summed E-state index contributed by atoms with van der Waals surface area (Å²) in [6.07, 6.45) is 6.19. The predicted octanol–water partition coefficient (Wildman–Crippen LogP) is 2.60. The van der Waals surface area contributed by atoms with E-state index >= 15 is 0 Å². The molecule has 1 aliphatic heterocycles. The van der Waals surface area contributed by atoms with Gasteiger partial charge in [-0.15, -0.1) is 0 Å². The van der Waals surface area contributed by atoms with Crippen LogP contribution in [0.5, 0.6) is 5.75 Å². The average molecular weight is 285 g/mol. The third-order valence-electron chi connectivity index (χ3n) is 4.33. The molecule has 0 bridgehead atoms. The Labute approximate surface area is 126 Å². The SMILES string of the molecule is CCn1cc(CC(NC)C2CCOc3ccccc32)cn1. The molecule has 2 aromatic rings. The van der Waals surface area contributed by atoms with Crippen LogP contribution in [-0.2, 0) is 13.0 Å². The molecule has 1 aromatic carbocycles. The molecule has 0 saturated carbocycles. The van der Waals surface area contributed by atoms with Gasteiger partial charge in [0, 0.05) is 24.7 Å². The maximum absolute atomic E-state index is 5.78. The number of fused-ring (bicyclic) bond motifs is 1. The highest BCUT2D eigenvalue weighted by molar-refractivity contribution is 5.39. The van der Waals surface area contributed by atoms with Crippen LogP contribution >= 0.6 is 0 Å². The Balaban J connectivity index is 1.80. The van der Waals surface area contributed by atoms with Gasteiger partial charge in [0.2, 0.25) is 0 Å². The van der Waals surface area contributed by atoms with Gasteiger partial charge in [-0.05, 0) is 44.0 Å². The molecule has 0 aliphatic carbocycles. The molecular weight excluding hydrogens is 262 g/mol. The number of rotatable bonds is 5. The first-order chi connectivity index (χ1) is 10.3. The standard InChI is InChI=1S/C17H23N3O/c1-3-20-12-13(11-19-20)10-16(18-2)14-8-9-21-17-7-5-4-6-15(14)17/h4-7,11-12,14,16,18H,3,8-10H2,1-2H3. The molecule has 21 heavy (non-hydrogen) atoms. The van der Waals surface area contributed by atoms with E-state index in [1.807, 2.05) is 24.0 Å². The summed E-state index contributed by atoms with van der Waals surface area (Å²) in [7, 11) is 2.05. The van der Waals surface area contributed by atoms with Gasteiger partial charge in [0.1, 0.15) is 5.75 Å². The van der Waals surface area contributed by atoms with E-state index in [0.717, 1.165) is 31.7 Å². The maximum atomic E-state index is 5.78. The summed E-state index contributed by atoms with van der Waals surface area (Å²) < 4.78 is 7.76. The molecule has 112 valence electrons. The van der Waals surface area contributed by atoms with Crippen molar-refractivity contribution in [2.45, 2.75) is 38.3 Å². The normalized spacial score (nSPS) is 18.9. The fraction of sp³-hybridized carbons (Fsp3) is 0.471. The highest BCUT2D eigenvalue weighted by atomic mass is 16.5. The molecule has 2 unspecified atom stereocenters. The van der Waals surface area contributed by atoms with Gasteiger partial charge in [-0.25, -0.2) is 0 Å². The Morgan fingerprint density at radius 1 is 1.43 bits per heavy atom. The van der Waals surface area contributed by atoms with Gasteiger partial charge in [0.05, 0.1) is 12.8 Å². The quantitative estimate of drug-likeness (QED) is 0.918. The number of hydrogen-bond donors (Lipinski definition) is 1. The van der Waals surface area contributed by atoms with Crippen molar-refractivity contribution in [2.24, 2.45) is 0 Å². The van der Waals surface area contributed by atoms with E-state index in [1.54, 1.807) is 0 Å². The molecule has 2 heterocycles. The Bertz CT molecular complexity index is 593. The number of nitrogens with one attached hydrogen (secondary N) is 1. The first kappa shape index (κ1) is 14.1. The first-order valence-corrected chi connectivity index (χ1v) is 7.72. The van der Waals surface area contributed by atoms with E-state index in [2.05, 4.69) is 41.7 Å². The molecule has 4 nitrogen and oxygen atoms in total. The van der Waals surface area contributed by atoms with Crippen LogP contribution in [0.3, 0.4) is 0 Å². The van der Waals surface area contributed by atoms with Crippen LogP contribution in [0.1, 0.15) is 30.4 Å². The van der Waals surface area contributed by atoms with Gasteiger partial charge in [-0.3, -0.25) is 4.68 Å². The van der Waals surface area contributed by atoms with Crippen molar-refractivity contribution in [1.29, 1.82) is 0 Å². The number of para-hydroxylation sites is 1. The van der Waals surface area contributed by atoms with Crippen molar-refractivity contribution in [3.05, 3.63) is 47.8 Å². The van der Waals surface area contributed by atoms with Crippen LogP contribution in [0.25, 0.3) is 0 Å². The Kier molecular flexibility index (Phi) is 4.25. The summed E-state index contributed by atoms with van der Waals surface area (Å²) in [5, 5.41) is 7.87. The van der Waals surface area contributed by atoms with Gasteiger partial charge in [-0.2, -0.15) is 5.10 Å². The van der Waals surface area contributed by atoms with Gasteiger partial charge in [0.25, 0.3) is 0 Å². The number of nitrogens with zero attached hydrogens (tertiary/aromatic N) is 2. The molecule has 0 fully saturated rings. The molecule has 0 radical (unpaired) electrons. The van der Waals surface area contributed by atoms with Crippen molar-refractivity contribution in [1.82, 2.24) is 15.1 Å². The van der Waals surface area contributed by atoms with Gasteiger partial charge in [-0.1, -0.05) is 18.2 Å². The minimum absolute atomic E-state index is 0.407. The Hall–Kier alpha value is -1.81. The summed E-state index contributed by atoms with van der Waals surface area (Å²) in [6.45, 7) is 3.83. The highest BCUT2D eigenvalue weighted by Gasteiger charge is 2.28. The Morgan fingerprint density at radius 2 is 2.29 bits per heavy atom. The zero-order valence-electron chi connectivity index (χ0n) is 12.7. The number of benzene rings is 1. The van der Waals surface area contributed by atoms with Crippen molar-refractivity contribution >= 4 is 0 Å². The molecular formula is C17H23N3O. The van der Waals surface area contributed by atoms with Gasteiger partial charge in [0.15, 0.2) is 0 Å².